The van der Waals surface area contributed by atoms with Crippen LogP contribution in [0.1, 0.15) is 41.4 Å². The Kier molecular flexibility index (Phi) is 5.37. The number of benzene rings is 2. The van der Waals surface area contributed by atoms with Gasteiger partial charge in [-0.3, -0.25) is 9.59 Å². The van der Waals surface area contributed by atoms with Crippen molar-refractivity contribution in [2.75, 3.05) is 0 Å². The number of aromatic nitrogens is 4. The average molecular weight is 422 g/mol. The number of nitrogens with zero attached hydrogens (tertiary/aromatic N) is 3. The molecule has 2 heterocycles. The highest BCUT2D eigenvalue weighted by Crippen LogP contribution is 2.19. The molecule has 152 valence electrons. The zero-order valence-electron chi connectivity index (χ0n) is 16.5. The Hall–Kier alpha value is -3.45. The van der Waals surface area contributed by atoms with Crippen LogP contribution in [0.15, 0.2) is 59.5 Å². The molecular formula is C22H20ClN5O2. The van der Waals surface area contributed by atoms with Gasteiger partial charge in [0.2, 0.25) is 0 Å². The quantitative estimate of drug-likeness (QED) is 0.512. The van der Waals surface area contributed by atoms with Crippen LogP contribution in [-0.2, 0) is 6.54 Å². The minimum atomic E-state index is -0.456. The molecule has 0 bridgehead atoms. The van der Waals surface area contributed by atoms with Gasteiger partial charge < -0.3 is 10.3 Å². The van der Waals surface area contributed by atoms with Gasteiger partial charge in [0.25, 0.3) is 11.5 Å². The van der Waals surface area contributed by atoms with Crippen LogP contribution < -0.4 is 10.9 Å². The number of carbonyl (C=O) groups excluding carboxylic acids is 1. The van der Waals surface area contributed by atoms with E-state index in [-0.39, 0.29) is 11.2 Å². The average Bonchev–Trinajstić information content (AvgIpc) is 3.17. The molecular weight excluding hydrogens is 402 g/mol. The minimum absolute atomic E-state index is 0.0160. The van der Waals surface area contributed by atoms with E-state index in [1.54, 1.807) is 30.5 Å². The van der Waals surface area contributed by atoms with Gasteiger partial charge in [-0.05, 0) is 34.7 Å². The van der Waals surface area contributed by atoms with Crippen LogP contribution in [0.25, 0.3) is 16.8 Å². The third kappa shape index (κ3) is 3.97. The highest BCUT2D eigenvalue weighted by atomic mass is 35.5. The summed E-state index contributed by atoms with van der Waals surface area (Å²) < 4.78 is 1.31. The van der Waals surface area contributed by atoms with Gasteiger partial charge in [0.15, 0.2) is 11.2 Å². The monoisotopic (exact) mass is 421 g/mol. The maximum absolute atomic E-state index is 12.6. The second kappa shape index (κ2) is 8.12. The van der Waals surface area contributed by atoms with Crippen molar-refractivity contribution < 1.29 is 4.79 Å². The van der Waals surface area contributed by atoms with Crippen LogP contribution in [-0.4, -0.2) is 25.7 Å². The van der Waals surface area contributed by atoms with Crippen molar-refractivity contribution in [3.63, 3.8) is 0 Å². The van der Waals surface area contributed by atoms with Gasteiger partial charge in [-0.1, -0.05) is 67.1 Å². The first-order chi connectivity index (χ1) is 14.4. The first-order valence-corrected chi connectivity index (χ1v) is 9.91. The molecule has 0 aliphatic rings. The van der Waals surface area contributed by atoms with Crippen LogP contribution in [0.5, 0.6) is 0 Å². The van der Waals surface area contributed by atoms with Crippen molar-refractivity contribution >= 4 is 23.0 Å². The molecule has 0 aliphatic carbocycles. The summed E-state index contributed by atoms with van der Waals surface area (Å²) in [5.74, 6) is -0.0104. The smallest absolute Gasteiger partial charge is 0.276 e. The number of rotatable bonds is 5. The van der Waals surface area contributed by atoms with Crippen LogP contribution >= 0.6 is 11.6 Å². The maximum atomic E-state index is 12.6. The van der Waals surface area contributed by atoms with E-state index in [2.05, 4.69) is 34.5 Å². The first kappa shape index (κ1) is 19.8. The van der Waals surface area contributed by atoms with Crippen LogP contribution in [0.2, 0.25) is 5.02 Å². The van der Waals surface area contributed by atoms with Crippen LogP contribution in [0.4, 0.5) is 0 Å². The standard InChI is InChI=1S/C22H20ClN5O2/c1-13(2)15-5-3-14(4-6-15)11-24-21(29)19-20-22(30)25-18(12-28(20)27-26-19)16-7-9-17(23)10-8-16/h3-10,12-13H,11H2,1-2H3,(H,24,29)(H,25,30). The predicted molar refractivity (Wildman–Crippen MR) is 116 cm³/mol. The van der Waals surface area contributed by atoms with E-state index < -0.39 is 11.5 Å². The van der Waals surface area contributed by atoms with Gasteiger partial charge in [0.05, 0.1) is 11.9 Å². The number of carbonyl (C=O) groups is 1. The second-order valence-electron chi connectivity index (χ2n) is 7.31. The highest BCUT2D eigenvalue weighted by molar-refractivity contribution is 6.30. The van der Waals surface area contributed by atoms with Crippen molar-refractivity contribution in [1.82, 2.24) is 25.1 Å². The Morgan fingerprint density at radius 2 is 1.83 bits per heavy atom. The van der Waals surface area contributed by atoms with E-state index >= 15 is 0 Å². The van der Waals surface area contributed by atoms with E-state index in [0.29, 0.717) is 23.2 Å². The van der Waals surface area contributed by atoms with Gasteiger partial charge in [-0.15, -0.1) is 5.10 Å². The molecule has 30 heavy (non-hydrogen) atoms. The molecule has 0 aliphatic heterocycles. The molecule has 4 rings (SSSR count). The highest BCUT2D eigenvalue weighted by Gasteiger charge is 2.18. The fraction of sp³-hybridized carbons (Fsp3) is 0.182. The number of amides is 1. The summed E-state index contributed by atoms with van der Waals surface area (Å²) in [6.07, 6.45) is 1.62. The third-order valence-electron chi connectivity index (χ3n) is 4.88. The normalized spacial score (nSPS) is 11.2. The Bertz CT molecular complexity index is 1260. The Morgan fingerprint density at radius 3 is 2.50 bits per heavy atom. The van der Waals surface area contributed by atoms with Crippen LogP contribution in [0, 0.1) is 0 Å². The Balaban J connectivity index is 1.56. The summed E-state index contributed by atoms with van der Waals surface area (Å²) in [6.45, 7) is 4.59. The number of fused-ring (bicyclic) bond motifs is 1. The Morgan fingerprint density at radius 1 is 1.13 bits per heavy atom. The van der Waals surface area contributed by atoms with Crippen molar-refractivity contribution in [3.05, 3.63) is 86.9 Å². The topological polar surface area (TPSA) is 92.2 Å². The van der Waals surface area contributed by atoms with E-state index in [9.17, 15) is 9.59 Å². The fourth-order valence-corrected chi connectivity index (χ4v) is 3.27. The molecule has 0 radical (unpaired) electrons. The lowest BCUT2D eigenvalue weighted by Crippen LogP contribution is -2.25. The molecule has 7 nitrogen and oxygen atoms in total. The minimum Gasteiger partial charge on any atom is -0.346 e. The molecule has 8 heteroatoms. The van der Waals surface area contributed by atoms with Crippen molar-refractivity contribution in [2.45, 2.75) is 26.3 Å². The SMILES string of the molecule is CC(C)c1ccc(CNC(=O)c2nnn3cc(-c4ccc(Cl)cc4)[nH]c(=O)c23)cc1. The number of nitrogens with one attached hydrogen (secondary N) is 2. The van der Waals surface area contributed by atoms with Gasteiger partial charge in [-0.2, -0.15) is 0 Å². The van der Waals surface area contributed by atoms with Crippen molar-refractivity contribution in [2.24, 2.45) is 0 Å². The van der Waals surface area contributed by atoms with Gasteiger partial charge in [0.1, 0.15) is 0 Å². The van der Waals surface area contributed by atoms with Crippen LogP contribution in [0.3, 0.4) is 0 Å². The Labute approximate surface area is 177 Å². The lowest BCUT2D eigenvalue weighted by molar-refractivity contribution is 0.0947. The molecule has 0 unspecified atom stereocenters. The van der Waals surface area contributed by atoms with Gasteiger partial charge in [0, 0.05) is 11.6 Å². The number of H-pyrrole nitrogens is 1. The molecule has 1 amide bonds. The van der Waals surface area contributed by atoms with E-state index in [1.165, 1.54) is 10.1 Å². The summed E-state index contributed by atoms with van der Waals surface area (Å²) in [6, 6.07) is 15.1. The largest absolute Gasteiger partial charge is 0.346 e. The number of hydrogen-bond donors (Lipinski definition) is 2. The molecule has 2 aromatic carbocycles. The lowest BCUT2D eigenvalue weighted by Gasteiger charge is -2.07. The number of hydrogen-bond acceptors (Lipinski definition) is 4. The molecule has 4 aromatic rings. The third-order valence-corrected chi connectivity index (χ3v) is 5.13. The molecule has 0 spiro atoms. The molecule has 0 fully saturated rings. The van der Waals surface area contributed by atoms with E-state index in [1.807, 2.05) is 24.3 Å². The molecule has 2 N–H and O–H groups in total. The van der Waals surface area contributed by atoms with Crippen molar-refractivity contribution in [1.29, 1.82) is 0 Å². The molecule has 0 atom stereocenters. The summed E-state index contributed by atoms with van der Waals surface area (Å²) in [7, 11) is 0. The molecule has 0 saturated heterocycles. The van der Waals surface area contributed by atoms with E-state index in [0.717, 1.165) is 11.1 Å². The number of aromatic amines is 1. The number of halogens is 1. The zero-order chi connectivity index (χ0) is 21.3. The fourth-order valence-electron chi connectivity index (χ4n) is 3.15. The van der Waals surface area contributed by atoms with Gasteiger partial charge in [-0.25, -0.2) is 4.52 Å². The first-order valence-electron chi connectivity index (χ1n) is 9.53. The summed E-state index contributed by atoms with van der Waals surface area (Å²) in [4.78, 5) is 28.0. The van der Waals surface area contributed by atoms with Gasteiger partial charge >= 0.3 is 0 Å². The van der Waals surface area contributed by atoms with E-state index in [4.69, 9.17) is 11.6 Å². The summed E-state index contributed by atoms with van der Waals surface area (Å²) >= 11 is 5.92. The molecule has 2 aromatic heterocycles. The maximum Gasteiger partial charge on any atom is 0.276 e. The second-order valence-corrected chi connectivity index (χ2v) is 7.75. The predicted octanol–water partition coefficient (Wildman–Crippen LogP) is 3.79. The summed E-state index contributed by atoms with van der Waals surface area (Å²) in [5.41, 5.74) is 3.15. The summed E-state index contributed by atoms with van der Waals surface area (Å²) in [5, 5.41) is 11.3. The molecule has 0 saturated carbocycles. The zero-order valence-corrected chi connectivity index (χ0v) is 17.3. The van der Waals surface area contributed by atoms with Crippen molar-refractivity contribution in [3.8, 4) is 11.3 Å². The lowest BCUT2D eigenvalue weighted by atomic mass is 10.0.